The largest absolute Gasteiger partial charge is 0.451 e. The zero-order valence-electron chi connectivity index (χ0n) is 15.3. The SMILES string of the molecule is C[C@@H]1CCc2c(sc(NC(=O)c3ccc(-c4cccc(Cl)c4)o3)c2C(N)=O)C1. The summed E-state index contributed by atoms with van der Waals surface area (Å²) in [4.78, 5) is 25.8. The van der Waals surface area contributed by atoms with Crippen LogP contribution >= 0.6 is 22.9 Å². The summed E-state index contributed by atoms with van der Waals surface area (Å²) < 4.78 is 5.70. The average Bonchev–Trinajstić information content (AvgIpc) is 3.26. The minimum atomic E-state index is -0.513. The van der Waals surface area contributed by atoms with Crippen LogP contribution in [0.5, 0.6) is 0 Å². The number of thiophene rings is 1. The zero-order chi connectivity index (χ0) is 19.8. The third-order valence-corrected chi connectivity index (χ3v) is 6.33. The average molecular weight is 415 g/mol. The van der Waals surface area contributed by atoms with Crippen molar-refractivity contribution >= 4 is 39.8 Å². The lowest BCUT2D eigenvalue weighted by atomic mass is 9.88. The van der Waals surface area contributed by atoms with Gasteiger partial charge in [0.05, 0.1) is 5.56 Å². The van der Waals surface area contributed by atoms with Crippen LogP contribution in [0.3, 0.4) is 0 Å². The van der Waals surface area contributed by atoms with Crippen LogP contribution in [0.2, 0.25) is 5.02 Å². The number of carbonyl (C=O) groups is 2. The molecule has 0 saturated heterocycles. The second-order valence-electron chi connectivity index (χ2n) is 7.05. The molecule has 2 aromatic heterocycles. The molecule has 1 atom stereocenters. The fourth-order valence-electron chi connectivity index (χ4n) is 3.52. The standard InChI is InChI=1S/C21H19ClN2O3S/c1-11-5-6-14-17(9-11)28-21(18(14)19(23)25)24-20(26)16-8-7-15(27-16)12-3-2-4-13(22)10-12/h2-4,7-8,10-11H,5-6,9H2,1H3,(H2,23,25)(H,24,26)/t11-/m1/s1. The predicted octanol–water partition coefficient (Wildman–Crippen LogP) is 5.14. The van der Waals surface area contributed by atoms with Crippen molar-refractivity contribution in [3.63, 3.8) is 0 Å². The summed E-state index contributed by atoms with van der Waals surface area (Å²) >= 11 is 7.45. The van der Waals surface area contributed by atoms with Crippen LogP contribution < -0.4 is 11.1 Å². The number of furan rings is 1. The summed E-state index contributed by atoms with van der Waals surface area (Å²) in [6.07, 6.45) is 2.72. The molecule has 5 nitrogen and oxygen atoms in total. The molecular formula is C21H19ClN2O3S. The fourth-order valence-corrected chi connectivity index (χ4v) is 5.12. The Hall–Kier alpha value is -2.57. The van der Waals surface area contributed by atoms with Gasteiger partial charge in [-0.1, -0.05) is 30.7 Å². The van der Waals surface area contributed by atoms with Crippen molar-refractivity contribution in [2.24, 2.45) is 11.7 Å². The number of anilines is 1. The molecule has 2 amide bonds. The molecule has 1 aliphatic rings. The Bertz CT molecular complexity index is 1070. The number of benzene rings is 1. The van der Waals surface area contributed by atoms with E-state index in [-0.39, 0.29) is 5.76 Å². The van der Waals surface area contributed by atoms with Crippen LogP contribution in [0, 0.1) is 5.92 Å². The third kappa shape index (κ3) is 3.57. The Labute approximate surface area is 171 Å². The molecule has 28 heavy (non-hydrogen) atoms. The molecule has 3 N–H and O–H groups in total. The van der Waals surface area contributed by atoms with Crippen molar-refractivity contribution in [1.82, 2.24) is 0 Å². The number of hydrogen-bond donors (Lipinski definition) is 2. The monoisotopic (exact) mass is 414 g/mol. The van der Waals surface area contributed by atoms with E-state index in [0.717, 1.165) is 35.3 Å². The van der Waals surface area contributed by atoms with E-state index in [2.05, 4.69) is 12.2 Å². The number of primary amides is 1. The lowest BCUT2D eigenvalue weighted by Crippen LogP contribution is -2.19. The van der Waals surface area contributed by atoms with Gasteiger partial charge in [0.1, 0.15) is 10.8 Å². The van der Waals surface area contributed by atoms with E-state index in [0.29, 0.717) is 27.3 Å². The third-order valence-electron chi connectivity index (χ3n) is 4.92. The number of nitrogens with one attached hydrogen (secondary N) is 1. The highest BCUT2D eigenvalue weighted by atomic mass is 35.5. The van der Waals surface area contributed by atoms with Crippen molar-refractivity contribution in [3.8, 4) is 11.3 Å². The van der Waals surface area contributed by atoms with Gasteiger partial charge in [-0.05, 0) is 55.0 Å². The van der Waals surface area contributed by atoms with Gasteiger partial charge in [0.2, 0.25) is 0 Å². The van der Waals surface area contributed by atoms with E-state index in [4.69, 9.17) is 21.8 Å². The van der Waals surface area contributed by atoms with Crippen molar-refractivity contribution in [2.45, 2.75) is 26.2 Å². The summed E-state index contributed by atoms with van der Waals surface area (Å²) in [5, 5.41) is 3.90. The van der Waals surface area contributed by atoms with Gasteiger partial charge in [-0.25, -0.2) is 0 Å². The molecule has 1 aromatic carbocycles. The molecule has 4 rings (SSSR count). The molecule has 0 radical (unpaired) electrons. The van der Waals surface area contributed by atoms with Gasteiger partial charge in [-0.2, -0.15) is 0 Å². The minimum absolute atomic E-state index is 0.158. The van der Waals surface area contributed by atoms with E-state index >= 15 is 0 Å². The number of rotatable bonds is 4. The molecule has 0 saturated carbocycles. The quantitative estimate of drug-likeness (QED) is 0.619. The number of hydrogen-bond acceptors (Lipinski definition) is 4. The van der Waals surface area contributed by atoms with Crippen LogP contribution in [0.1, 0.15) is 44.7 Å². The number of nitrogens with two attached hydrogens (primary N) is 1. The summed E-state index contributed by atoms with van der Waals surface area (Å²) in [6, 6.07) is 10.5. The van der Waals surface area contributed by atoms with Crippen LogP contribution in [0.15, 0.2) is 40.8 Å². The van der Waals surface area contributed by atoms with Crippen LogP contribution in [-0.4, -0.2) is 11.8 Å². The van der Waals surface area contributed by atoms with E-state index < -0.39 is 11.8 Å². The molecule has 0 bridgehead atoms. The molecule has 3 aromatic rings. The zero-order valence-corrected chi connectivity index (χ0v) is 16.8. The Kier molecular flexibility index (Phi) is 5.00. The number of amides is 2. The van der Waals surface area contributed by atoms with Crippen molar-refractivity contribution < 1.29 is 14.0 Å². The van der Waals surface area contributed by atoms with Crippen LogP contribution in [0.4, 0.5) is 5.00 Å². The molecule has 0 unspecified atom stereocenters. The first-order chi connectivity index (χ1) is 13.4. The van der Waals surface area contributed by atoms with Gasteiger partial charge >= 0.3 is 0 Å². The first kappa shape index (κ1) is 18.8. The van der Waals surface area contributed by atoms with Gasteiger partial charge in [-0.15, -0.1) is 11.3 Å². The Morgan fingerprint density at radius 3 is 2.86 bits per heavy atom. The summed E-state index contributed by atoms with van der Waals surface area (Å²) in [6.45, 7) is 2.19. The van der Waals surface area contributed by atoms with E-state index in [1.165, 1.54) is 11.3 Å². The van der Waals surface area contributed by atoms with Crippen molar-refractivity contribution in [2.75, 3.05) is 5.32 Å². The minimum Gasteiger partial charge on any atom is -0.451 e. The molecule has 0 aliphatic heterocycles. The summed E-state index contributed by atoms with van der Waals surface area (Å²) in [5.74, 6) is 0.330. The second-order valence-corrected chi connectivity index (χ2v) is 8.59. The lowest BCUT2D eigenvalue weighted by molar-refractivity contribution is 0.0998. The van der Waals surface area contributed by atoms with Crippen LogP contribution in [-0.2, 0) is 12.8 Å². The molecule has 0 fully saturated rings. The maximum Gasteiger partial charge on any atom is 0.292 e. The lowest BCUT2D eigenvalue weighted by Gasteiger charge is -2.18. The van der Waals surface area contributed by atoms with E-state index in [9.17, 15) is 9.59 Å². The molecular weight excluding hydrogens is 396 g/mol. The fraction of sp³-hybridized carbons (Fsp3) is 0.238. The first-order valence-electron chi connectivity index (χ1n) is 9.04. The van der Waals surface area contributed by atoms with E-state index in [1.54, 1.807) is 24.3 Å². The van der Waals surface area contributed by atoms with Crippen LogP contribution in [0.25, 0.3) is 11.3 Å². The van der Waals surface area contributed by atoms with Gasteiger partial charge in [-0.3, -0.25) is 9.59 Å². The number of halogens is 1. The molecule has 1 aliphatic carbocycles. The highest BCUT2D eigenvalue weighted by molar-refractivity contribution is 7.17. The van der Waals surface area contributed by atoms with Gasteiger partial charge in [0, 0.05) is 15.5 Å². The molecule has 2 heterocycles. The van der Waals surface area contributed by atoms with Gasteiger partial charge in [0.25, 0.3) is 11.8 Å². The summed E-state index contributed by atoms with van der Waals surface area (Å²) in [7, 11) is 0. The summed E-state index contributed by atoms with van der Waals surface area (Å²) in [5.41, 5.74) is 7.80. The number of fused-ring (bicyclic) bond motifs is 1. The molecule has 144 valence electrons. The second kappa shape index (κ2) is 7.45. The van der Waals surface area contributed by atoms with E-state index in [1.807, 2.05) is 12.1 Å². The van der Waals surface area contributed by atoms with Gasteiger partial charge < -0.3 is 15.5 Å². The Morgan fingerprint density at radius 1 is 1.29 bits per heavy atom. The molecule has 0 spiro atoms. The smallest absolute Gasteiger partial charge is 0.292 e. The normalized spacial score (nSPS) is 15.9. The first-order valence-corrected chi connectivity index (χ1v) is 10.2. The maximum absolute atomic E-state index is 12.7. The highest BCUT2D eigenvalue weighted by Crippen LogP contribution is 2.39. The van der Waals surface area contributed by atoms with Gasteiger partial charge in [0.15, 0.2) is 5.76 Å². The number of carbonyl (C=O) groups excluding carboxylic acids is 2. The Balaban J connectivity index is 1.60. The Morgan fingerprint density at radius 2 is 2.11 bits per heavy atom. The molecule has 7 heteroatoms. The topological polar surface area (TPSA) is 85.3 Å². The van der Waals surface area contributed by atoms with Crippen molar-refractivity contribution in [1.29, 1.82) is 0 Å². The highest BCUT2D eigenvalue weighted by Gasteiger charge is 2.27. The van der Waals surface area contributed by atoms with Crippen molar-refractivity contribution in [3.05, 3.63) is 63.2 Å². The maximum atomic E-state index is 12.7. The predicted molar refractivity (Wildman–Crippen MR) is 111 cm³/mol.